The van der Waals surface area contributed by atoms with Gasteiger partial charge in [0, 0.05) is 16.5 Å². The second-order valence-electron chi connectivity index (χ2n) is 10.3. The molecule has 0 aromatic heterocycles. The number of rotatable bonds is 0. The molecule has 0 N–H and O–H groups in total. The van der Waals surface area contributed by atoms with E-state index in [0.717, 1.165) is 16.7 Å². The maximum absolute atomic E-state index is 6.46. The van der Waals surface area contributed by atoms with E-state index >= 15 is 0 Å². The van der Waals surface area contributed by atoms with Crippen LogP contribution in [0.2, 0.25) is 0 Å². The maximum Gasteiger partial charge on any atom is 0.134 e. The second kappa shape index (κ2) is 5.72. The summed E-state index contributed by atoms with van der Waals surface area (Å²) in [6, 6.07) is 9.16. The maximum atomic E-state index is 6.46. The van der Waals surface area contributed by atoms with Crippen LogP contribution < -0.4 is 9.92 Å². The summed E-state index contributed by atoms with van der Waals surface area (Å²) in [5, 5.41) is 1.03. The smallest absolute Gasteiger partial charge is 0.134 e. The molecule has 0 bridgehead atoms. The fraction of sp³-hybridized carbons (Fsp3) is 0.500. The summed E-state index contributed by atoms with van der Waals surface area (Å²) in [5.74, 6) is 1.97. The van der Waals surface area contributed by atoms with E-state index in [9.17, 15) is 0 Å². The Morgan fingerprint density at radius 1 is 0.769 bits per heavy atom. The first kappa shape index (κ1) is 19.2. The van der Waals surface area contributed by atoms with Gasteiger partial charge in [0.25, 0.3) is 0 Å². The van der Waals surface area contributed by atoms with Gasteiger partial charge in [0.2, 0.25) is 0 Å². The number of benzene rings is 2. The van der Waals surface area contributed by atoms with E-state index in [1.807, 2.05) is 0 Å². The third kappa shape index (κ3) is 3.03. The predicted octanol–water partition coefficient (Wildman–Crippen LogP) is 5.82. The van der Waals surface area contributed by atoms with Crippen LogP contribution in [0, 0.1) is 6.92 Å². The highest BCUT2D eigenvalue weighted by molar-refractivity contribution is 6.34. The number of aryl methyl sites for hydroxylation is 1. The molecule has 1 heterocycles. The Hall–Kier alpha value is -1.54. The van der Waals surface area contributed by atoms with Gasteiger partial charge in [-0.3, -0.25) is 0 Å². The van der Waals surface area contributed by atoms with E-state index in [2.05, 4.69) is 96.8 Å². The molecule has 3 rings (SSSR count). The van der Waals surface area contributed by atoms with Crippen molar-refractivity contribution in [3.8, 4) is 11.5 Å². The minimum Gasteiger partial charge on any atom is -0.457 e. The van der Waals surface area contributed by atoms with Gasteiger partial charge in [0.05, 0.1) is 10.2 Å². The molecule has 0 saturated heterocycles. The summed E-state index contributed by atoms with van der Waals surface area (Å²) < 4.78 is 6.46. The van der Waals surface area contributed by atoms with E-state index in [1.54, 1.807) is 0 Å². The van der Waals surface area contributed by atoms with Gasteiger partial charge >= 0.3 is 0 Å². The molecule has 137 valence electrons. The van der Waals surface area contributed by atoms with Crippen LogP contribution in [0.25, 0.3) is 0 Å². The van der Waals surface area contributed by atoms with Gasteiger partial charge in [-0.25, -0.2) is 0 Å². The van der Waals surface area contributed by atoms with Crippen LogP contribution in [-0.4, -0.2) is 10.2 Å². The monoisotopic (exact) mass is 363 g/mol. The molecule has 3 radical (unpaired) electrons. The molecular formula is C24H31OSi. The van der Waals surface area contributed by atoms with Crippen molar-refractivity contribution in [1.29, 1.82) is 0 Å². The van der Waals surface area contributed by atoms with Crippen molar-refractivity contribution in [3.05, 3.63) is 52.1 Å². The molecule has 0 saturated carbocycles. The molecular weight excluding hydrogens is 332 g/mol. The standard InChI is InChI=1S/C24H31OSi/c1-14-10-15(22(2,3)4)11-17-20(14)25-21-18(24(17,8)9)12-16(13-19(21)26)23(5,6)7/h10-13H,1-9H3. The minimum absolute atomic E-state index is 0.0932. The summed E-state index contributed by atoms with van der Waals surface area (Å²) >= 11 is 0. The average Bonchev–Trinajstić information content (AvgIpc) is 2.47. The summed E-state index contributed by atoms with van der Waals surface area (Å²) in [6.45, 7) is 20.4. The van der Waals surface area contributed by atoms with Gasteiger partial charge in [-0.15, -0.1) is 0 Å². The Balaban J connectivity index is 2.29. The molecule has 1 nitrogen and oxygen atoms in total. The van der Waals surface area contributed by atoms with Crippen molar-refractivity contribution in [2.45, 2.75) is 78.6 Å². The topological polar surface area (TPSA) is 9.23 Å². The zero-order chi connectivity index (χ0) is 19.7. The molecule has 0 fully saturated rings. The first-order chi connectivity index (χ1) is 11.7. The van der Waals surface area contributed by atoms with Crippen LogP contribution in [0.1, 0.15) is 83.2 Å². The number of fused-ring (bicyclic) bond motifs is 2. The summed E-state index contributed by atoms with van der Waals surface area (Å²) in [4.78, 5) is 0. The molecule has 0 unspecified atom stereocenters. The Bertz CT molecular complexity index is 805. The van der Waals surface area contributed by atoms with Crippen LogP contribution in [0.3, 0.4) is 0 Å². The van der Waals surface area contributed by atoms with E-state index in [4.69, 9.17) is 4.74 Å². The fourth-order valence-corrected chi connectivity index (χ4v) is 4.03. The SMILES string of the molecule is Cc1cc(C(C)(C)C)cc2c1Oc1c([Si])cc(C(C)(C)C)cc1C2(C)C. The van der Waals surface area contributed by atoms with Gasteiger partial charge < -0.3 is 4.74 Å². The zero-order valence-electron chi connectivity index (χ0n) is 17.7. The average molecular weight is 364 g/mol. The Kier molecular flexibility index (Phi) is 4.23. The van der Waals surface area contributed by atoms with Gasteiger partial charge in [0.15, 0.2) is 0 Å². The van der Waals surface area contributed by atoms with Crippen LogP contribution >= 0.6 is 0 Å². The van der Waals surface area contributed by atoms with E-state index in [0.29, 0.717) is 0 Å². The van der Waals surface area contributed by atoms with Gasteiger partial charge in [-0.1, -0.05) is 79.7 Å². The molecule has 1 aliphatic rings. The lowest BCUT2D eigenvalue weighted by atomic mass is 9.71. The van der Waals surface area contributed by atoms with E-state index in [-0.39, 0.29) is 16.2 Å². The lowest BCUT2D eigenvalue weighted by molar-refractivity contribution is 0.415. The Labute approximate surface area is 162 Å². The Morgan fingerprint density at radius 3 is 1.73 bits per heavy atom. The van der Waals surface area contributed by atoms with E-state index in [1.165, 1.54) is 27.8 Å². The van der Waals surface area contributed by atoms with Crippen molar-refractivity contribution < 1.29 is 4.74 Å². The summed E-state index contributed by atoms with van der Waals surface area (Å²) in [7, 11) is 3.83. The molecule has 1 aliphatic heterocycles. The van der Waals surface area contributed by atoms with Crippen molar-refractivity contribution in [1.82, 2.24) is 0 Å². The first-order valence-electron chi connectivity index (χ1n) is 9.47. The van der Waals surface area contributed by atoms with Crippen molar-refractivity contribution in [2.75, 3.05) is 0 Å². The molecule has 0 atom stereocenters. The second-order valence-corrected chi connectivity index (χ2v) is 10.8. The van der Waals surface area contributed by atoms with E-state index < -0.39 is 0 Å². The zero-order valence-corrected chi connectivity index (χ0v) is 18.7. The third-order valence-electron chi connectivity index (χ3n) is 5.65. The summed E-state index contributed by atoms with van der Waals surface area (Å²) in [6.07, 6.45) is 0. The first-order valence-corrected chi connectivity index (χ1v) is 9.97. The molecule has 26 heavy (non-hydrogen) atoms. The highest BCUT2D eigenvalue weighted by Gasteiger charge is 2.37. The normalized spacial score (nSPS) is 15.9. The van der Waals surface area contributed by atoms with Gasteiger partial charge in [-0.05, 0) is 39.6 Å². The Morgan fingerprint density at radius 2 is 1.23 bits per heavy atom. The highest BCUT2D eigenvalue weighted by atomic mass is 28.1. The third-order valence-corrected chi connectivity index (χ3v) is 6.02. The molecule has 2 aromatic carbocycles. The highest BCUT2D eigenvalue weighted by Crippen LogP contribution is 2.50. The number of ether oxygens (including phenoxy) is 1. The largest absolute Gasteiger partial charge is 0.457 e. The van der Waals surface area contributed by atoms with Gasteiger partial charge in [-0.2, -0.15) is 0 Å². The fourth-order valence-electron chi connectivity index (χ4n) is 3.69. The number of hydrogen-bond acceptors (Lipinski definition) is 1. The number of hydrogen-bond donors (Lipinski definition) is 0. The lowest BCUT2D eigenvalue weighted by Gasteiger charge is -2.38. The van der Waals surface area contributed by atoms with Crippen LogP contribution in [-0.2, 0) is 16.2 Å². The molecule has 2 heteroatoms. The summed E-state index contributed by atoms with van der Waals surface area (Å²) in [5.41, 5.74) is 6.53. The van der Waals surface area contributed by atoms with Crippen LogP contribution in [0.5, 0.6) is 11.5 Å². The van der Waals surface area contributed by atoms with Crippen LogP contribution in [0.4, 0.5) is 0 Å². The minimum atomic E-state index is -0.113. The van der Waals surface area contributed by atoms with Gasteiger partial charge in [0.1, 0.15) is 11.5 Å². The van der Waals surface area contributed by atoms with Crippen molar-refractivity contribution in [2.24, 2.45) is 0 Å². The quantitative estimate of drug-likeness (QED) is 0.536. The predicted molar refractivity (Wildman–Crippen MR) is 113 cm³/mol. The molecule has 0 spiro atoms. The molecule has 0 amide bonds. The molecule has 0 aliphatic carbocycles. The van der Waals surface area contributed by atoms with Crippen molar-refractivity contribution in [3.63, 3.8) is 0 Å². The van der Waals surface area contributed by atoms with Crippen LogP contribution in [0.15, 0.2) is 24.3 Å². The van der Waals surface area contributed by atoms with Crippen molar-refractivity contribution >= 4 is 15.4 Å². The lowest BCUT2D eigenvalue weighted by Crippen LogP contribution is -2.30. The molecule has 2 aromatic rings.